The van der Waals surface area contributed by atoms with Crippen molar-refractivity contribution in [1.29, 1.82) is 0 Å². The maximum absolute atomic E-state index is 12.3. The van der Waals surface area contributed by atoms with Gasteiger partial charge in [-0.3, -0.25) is 9.59 Å². The molecule has 1 aromatic rings. The molecular formula is C14H16Cl2N2O3. The van der Waals surface area contributed by atoms with Gasteiger partial charge in [0.1, 0.15) is 0 Å². The summed E-state index contributed by atoms with van der Waals surface area (Å²) in [6, 6.07) is 4.28. The molecule has 3 N–H and O–H groups in total. The molecule has 0 heterocycles. The van der Waals surface area contributed by atoms with Gasteiger partial charge in [-0.25, -0.2) is 0 Å². The normalized spacial score (nSPS) is 15.6. The maximum atomic E-state index is 12.3. The second-order valence-electron chi connectivity index (χ2n) is 5.15. The van der Waals surface area contributed by atoms with E-state index in [1.165, 1.54) is 0 Å². The van der Waals surface area contributed by atoms with Crippen LogP contribution in [0.1, 0.15) is 24.8 Å². The molecule has 1 fully saturated rings. The Labute approximate surface area is 132 Å². The highest BCUT2D eigenvalue weighted by Crippen LogP contribution is 2.30. The van der Waals surface area contributed by atoms with Crippen LogP contribution in [0.25, 0.3) is 0 Å². The molecule has 0 bridgehead atoms. The molecule has 1 amide bonds. The minimum Gasteiger partial charge on any atom is -0.481 e. The summed E-state index contributed by atoms with van der Waals surface area (Å²) >= 11 is 11.8. The smallest absolute Gasteiger partial charge is 0.305 e. The third-order valence-corrected chi connectivity index (χ3v) is 4.06. The number of carbonyl (C=O) groups is 2. The van der Waals surface area contributed by atoms with Gasteiger partial charge in [-0.05, 0) is 30.5 Å². The third-order valence-electron chi connectivity index (χ3n) is 3.32. The van der Waals surface area contributed by atoms with Gasteiger partial charge in [-0.15, -0.1) is 0 Å². The van der Waals surface area contributed by atoms with Crippen LogP contribution in [-0.2, 0) is 16.1 Å². The van der Waals surface area contributed by atoms with Crippen LogP contribution < -0.4 is 5.73 Å². The Morgan fingerprint density at radius 2 is 2.00 bits per heavy atom. The summed E-state index contributed by atoms with van der Waals surface area (Å²) in [5, 5.41) is 9.62. The molecule has 21 heavy (non-hydrogen) atoms. The van der Waals surface area contributed by atoms with Gasteiger partial charge in [0.2, 0.25) is 5.91 Å². The van der Waals surface area contributed by atoms with E-state index in [0.717, 1.165) is 18.4 Å². The van der Waals surface area contributed by atoms with Crippen molar-refractivity contribution >= 4 is 35.1 Å². The van der Waals surface area contributed by atoms with E-state index in [1.54, 1.807) is 23.1 Å². The van der Waals surface area contributed by atoms with Crippen molar-refractivity contribution in [2.45, 2.75) is 37.9 Å². The first-order valence-electron chi connectivity index (χ1n) is 6.60. The lowest BCUT2D eigenvalue weighted by molar-refractivity contribution is -0.142. The number of nitrogens with zero attached hydrogens (tertiary/aromatic N) is 1. The van der Waals surface area contributed by atoms with Crippen LogP contribution in [-0.4, -0.2) is 34.0 Å². The van der Waals surface area contributed by atoms with Crippen LogP contribution >= 0.6 is 23.2 Å². The van der Waals surface area contributed by atoms with Crippen LogP contribution in [0.2, 0.25) is 10.0 Å². The zero-order valence-electron chi connectivity index (χ0n) is 11.3. The standard InChI is InChI=1S/C14H16Cl2N2O3/c15-10-4-1-8(5-11(10)16)7-18(9-2-3-9)14(21)12(17)6-13(19)20/h1,4-5,9,12H,2-3,6-7,17H2,(H,19,20). The summed E-state index contributed by atoms with van der Waals surface area (Å²) in [6.45, 7) is 0.355. The molecule has 5 nitrogen and oxygen atoms in total. The van der Waals surface area contributed by atoms with E-state index in [-0.39, 0.29) is 18.4 Å². The minimum atomic E-state index is -1.08. The molecule has 0 spiro atoms. The number of hydrogen-bond donors (Lipinski definition) is 2. The molecule has 2 rings (SSSR count). The molecule has 1 atom stereocenters. The Hall–Kier alpha value is -1.30. The monoisotopic (exact) mass is 330 g/mol. The number of nitrogens with two attached hydrogens (primary N) is 1. The van der Waals surface area contributed by atoms with Gasteiger partial charge in [-0.1, -0.05) is 29.3 Å². The molecular weight excluding hydrogens is 315 g/mol. The predicted molar refractivity (Wildman–Crippen MR) is 80.3 cm³/mol. The SMILES string of the molecule is NC(CC(=O)O)C(=O)N(Cc1ccc(Cl)c(Cl)c1)C1CC1. The van der Waals surface area contributed by atoms with Gasteiger partial charge in [0.05, 0.1) is 22.5 Å². The number of aliphatic carboxylic acids is 1. The van der Waals surface area contributed by atoms with Crippen LogP contribution in [0.3, 0.4) is 0 Å². The molecule has 1 saturated carbocycles. The van der Waals surface area contributed by atoms with Gasteiger partial charge in [-0.2, -0.15) is 0 Å². The number of amides is 1. The topological polar surface area (TPSA) is 83.6 Å². The van der Waals surface area contributed by atoms with E-state index in [4.69, 9.17) is 34.0 Å². The van der Waals surface area contributed by atoms with Gasteiger partial charge in [0.15, 0.2) is 0 Å². The lowest BCUT2D eigenvalue weighted by Gasteiger charge is -2.25. The molecule has 114 valence electrons. The van der Waals surface area contributed by atoms with E-state index in [0.29, 0.717) is 16.6 Å². The van der Waals surface area contributed by atoms with Gasteiger partial charge in [0.25, 0.3) is 0 Å². The van der Waals surface area contributed by atoms with E-state index in [9.17, 15) is 9.59 Å². The highest BCUT2D eigenvalue weighted by molar-refractivity contribution is 6.42. The summed E-state index contributed by atoms with van der Waals surface area (Å²) in [6.07, 6.45) is 1.45. The maximum Gasteiger partial charge on any atom is 0.305 e. The lowest BCUT2D eigenvalue weighted by atomic mass is 10.1. The van der Waals surface area contributed by atoms with Crippen molar-refractivity contribution in [2.24, 2.45) is 5.73 Å². The molecule has 7 heteroatoms. The zero-order chi connectivity index (χ0) is 15.6. The van der Waals surface area contributed by atoms with Crippen molar-refractivity contribution in [3.8, 4) is 0 Å². The number of carboxylic acids is 1. The van der Waals surface area contributed by atoms with E-state index in [2.05, 4.69) is 0 Å². The summed E-state index contributed by atoms with van der Waals surface area (Å²) in [5.74, 6) is -1.42. The zero-order valence-corrected chi connectivity index (χ0v) is 12.8. The van der Waals surface area contributed by atoms with Crippen molar-refractivity contribution in [3.05, 3.63) is 33.8 Å². The summed E-state index contributed by atoms with van der Waals surface area (Å²) in [7, 11) is 0. The Kier molecular flexibility index (Phi) is 5.08. The lowest BCUT2D eigenvalue weighted by Crippen LogP contribution is -2.45. The number of hydrogen-bond acceptors (Lipinski definition) is 3. The highest BCUT2D eigenvalue weighted by atomic mass is 35.5. The predicted octanol–water partition coefficient (Wildman–Crippen LogP) is 2.29. The molecule has 0 saturated heterocycles. The van der Waals surface area contributed by atoms with E-state index < -0.39 is 12.0 Å². The molecule has 1 aromatic carbocycles. The second kappa shape index (κ2) is 6.64. The summed E-state index contributed by atoms with van der Waals surface area (Å²) in [5.41, 5.74) is 6.51. The van der Waals surface area contributed by atoms with E-state index in [1.807, 2.05) is 0 Å². The number of rotatable bonds is 6. The Morgan fingerprint density at radius 3 is 2.52 bits per heavy atom. The average Bonchev–Trinajstić information content (AvgIpc) is 3.22. The molecule has 1 aliphatic carbocycles. The second-order valence-corrected chi connectivity index (χ2v) is 5.96. The number of halogens is 2. The van der Waals surface area contributed by atoms with Crippen molar-refractivity contribution in [3.63, 3.8) is 0 Å². The van der Waals surface area contributed by atoms with Gasteiger partial charge < -0.3 is 15.7 Å². The minimum absolute atomic E-state index is 0.131. The van der Waals surface area contributed by atoms with Crippen LogP contribution in [0.5, 0.6) is 0 Å². The van der Waals surface area contributed by atoms with Gasteiger partial charge in [0, 0.05) is 12.6 Å². The molecule has 1 aliphatic rings. The quantitative estimate of drug-likeness (QED) is 0.838. The van der Waals surface area contributed by atoms with Crippen molar-refractivity contribution in [2.75, 3.05) is 0 Å². The fourth-order valence-corrected chi connectivity index (χ4v) is 2.42. The van der Waals surface area contributed by atoms with Crippen LogP contribution in [0, 0.1) is 0 Å². The third kappa shape index (κ3) is 4.33. The number of carbonyl (C=O) groups excluding carboxylic acids is 1. The largest absolute Gasteiger partial charge is 0.481 e. The first kappa shape index (κ1) is 16.1. The molecule has 0 radical (unpaired) electrons. The van der Waals surface area contributed by atoms with Crippen molar-refractivity contribution < 1.29 is 14.7 Å². The van der Waals surface area contributed by atoms with E-state index >= 15 is 0 Å². The van der Waals surface area contributed by atoms with Crippen molar-refractivity contribution in [1.82, 2.24) is 4.90 Å². The number of carboxylic acid groups (broad SMARTS) is 1. The number of benzene rings is 1. The highest BCUT2D eigenvalue weighted by Gasteiger charge is 2.35. The van der Waals surface area contributed by atoms with Crippen LogP contribution in [0.15, 0.2) is 18.2 Å². The molecule has 0 aromatic heterocycles. The first-order valence-corrected chi connectivity index (χ1v) is 7.36. The Balaban J connectivity index is 2.10. The Bertz CT molecular complexity index is 561. The molecule has 1 unspecified atom stereocenters. The first-order chi connectivity index (χ1) is 9.88. The Morgan fingerprint density at radius 1 is 1.33 bits per heavy atom. The summed E-state index contributed by atoms with van der Waals surface area (Å²) in [4.78, 5) is 24.6. The van der Waals surface area contributed by atoms with Crippen LogP contribution in [0.4, 0.5) is 0 Å². The average molecular weight is 331 g/mol. The van der Waals surface area contributed by atoms with Gasteiger partial charge >= 0.3 is 5.97 Å². The summed E-state index contributed by atoms with van der Waals surface area (Å²) < 4.78 is 0. The molecule has 0 aliphatic heterocycles. The fourth-order valence-electron chi connectivity index (χ4n) is 2.10. The fraction of sp³-hybridized carbons (Fsp3) is 0.429.